The van der Waals surface area contributed by atoms with Crippen LogP contribution in [0.5, 0.6) is 0 Å². The van der Waals surface area contributed by atoms with Crippen LogP contribution in [0.25, 0.3) is 0 Å². The van der Waals surface area contributed by atoms with Gasteiger partial charge in [-0.15, -0.1) is 0 Å². The van der Waals surface area contributed by atoms with Crippen LogP contribution in [0.4, 0.5) is 11.4 Å². The molecule has 1 heterocycles. The van der Waals surface area contributed by atoms with Gasteiger partial charge in [0.15, 0.2) is 5.76 Å². The van der Waals surface area contributed by atoms with E-state index in [1.165, 1.54) is 16.9 Å². The largest absolute Gasteiger partial charge is 1.00 e. The zero-order valence-corrected chi connectivity index (χ0v) is 11.0. The van der Waals surface area contributed by atoms with Gasteiger partial charge in [0.2, 0.25) is 0 Å². The van der Waals surface area contributed by atoms with Crippen molar-refractivity contribution in [1.82, 2.24) is 0 Å². The van der Waals surface area contributed by atoms with Crippen molar-refractivity contribution in [2.75, 3.05) is 19.4 Å². The number of hydrogen-bond donors (Lipinski definition) is 2. The molecule has 0 radical (unpaired) electrons. The van der Waals surface area contributed by atoms with E-state index in [9.17, 15) is 4.79 Å². The van der Waals surface area contributed by atoms with Crippen molar-refractivity contribution in [3.8, 4) is 0 Å². The van der Waals surface area contributed by atoms with Crippen LogP contribution >= 0.6 is 0 Å². The Bertz CT molecular complexity index is 492. The molecule has 2 rings (SSSR count). The predicted octanol–water partition coefficient (Wildman–Crippen LogP) is -1.69. The molecule has 0 saturated heterocycles. The molecule has 0 aliphatic rings. The van der Waals surface area contributed by atoms with E-state index < -0.39 is 0 Å². The average Bonchev–Trinajstić information content (AvgIpc) is 2.83. The van der Waals surface area contributed by atoms with Gasteiger partial charge in [0.05, 0.1) is 20.4 Å². The molecule has 96 valence electrons. The first-order valence-electron chi connectivity index (χ1n) is 5.42. The number of quaternary nitrogens is 1. The molecular formula is C13H15ClN2O2. The molecule has 0 aliphatic heterocycles. The number of furan rings is 1. The van der Waals surface area contributed by atoms with Crippen LogP contribution < -0.4 is 22.6 Å². The van der Waals surface area contributed by atoms with Gasteiger partial charge in [-0.25, -0.2) is 0 Å². The van der Waals surface area contributed by atoms with E-state index in [-0.39, 0.29) is 18.3 Å². The molecule has 0 fully saturated rings. The first kappa shape index (κ1) is 14.3. The van der Waals surface area contributed by atoms with E-state index in [1.807, 2.05) is 24.3 Å². The lowest BCUT2D eigenvalue weighted by Crippen LogP contribution is -3.00. The van der Waals surface area contributed by atoms with Crippen molar-refractivity contribution >= 4 is 17.3 Å². The van der Waals surface area contributed by atoms with Gasteiger partial charge in [0.25, 0.3) is 5.91 Å². The number of halogens is 1. The maximum absolute atomic E-state index is 11.7. The highest BCUT2D eigenvalue weighted by molar-refractivity contribution is 6.02. The molecule has 2 N–H and O–H groups in total. The van der Waals surface area contributed by atoms with E-state index in [0.717, 1.165) is 5.69 Å². The normalized spacial score (nSPS) is 9.94. The Morgan fingerprint density at radius 1 is 1.17 bits per heavy atom. The van der Waals surface area contributed by atoms with Crippen molar-refractivity contribution < 1.29 is 26.5 Å². The highest BCUT2D eigenvalue weighted by Crippen LogP contribution is 2.12. The molecule has 0 spiro atoms. The Kier molecular flexibility index (Phi) is 4.95. The molecule has 5 heteroatoms. The van der Waals surface area contributed by atoms with Crippen molar-refractivity contribution in [2.45, 2.75) is 0 Å². The van der Waals surface area contributed by atoms with Crippen molar-refractivity contribution in [2.24, 2.45) is 0 Å². The van der Waals surface area contributed by atoms with Crippen molar-refractivity contribution in [1.29, 1.82) is 0 Å². The predicted molar refractivity (Wildman–Crippen MR) is 65.6 cm³/mol. The van der Waals surface area contributed by atoms with Crippen molar-refractivity contribution in [3.63, 3.8) is 0 Å². The lowest BCUT2D eigenvalue weighted by molar-refractivity contribution is -0.786. The third-order valence-corrected chi connectivity index (χ3v) is 2.47. The summed E-state index contributed by atoms with van der Waals surface area (Å²) in [4.78, 5) is 12.9. The van der Waals surface area contributed by atoms with E-state index in [4.69, 9.17) is 4.42 Å². The second-order valence-corrected chi connectivity index (χ2v) is 4.01. The standard InChI is InChI=1S/C13H14N2O2.ClH/c1-15(2)11-7-5-10(6-8-11)14-13(16)12-4-3-9-17-12;/h3-9H,1-2H3,(H,14,16);1H. The third kappa shape index (κ3) is 3.35. The first-order chi connectivity index (χ1) is 8.16. The van der Waals surface area contributed by atoms with Gasteiger partial charge in [-0.2, -0.15) is 0 Å². The molecule has 1 aromatic heterocycles. The zero-order chi connectivity index (χ0) is 12.3. The van der Waals surface area contributed by atoms with Gasteiger partial charge in [-0.1, -0.05) is 0 Å². The first-order valence-corrected chi connectivity index (χ1v) is 5.42. The van der Waals surface area contributed by atoms with Crippen molar-refractivity contribution in [3.05, 3.63) is 48.4 Å². The number of carbonyl (C=O) groups excluding carboxylic acids is 1. The number of amides is 1. The summed E-state index contributed by atoms with van der Waals surface area (Å²) in [5.74, 6) is 0.0762. The van der Waals surface area contributed by atoms with E-state index in [1.54, 1.807) is 12.1 Å². The second-order valence-electron chi connectivity index (χ2n) is 4.01. The SMILES string of the molecule is C[NH+](C)c1ccc(NC(=O)c2ccco2)cc1.[Cl-]. The summed E-state index contributed by atoms with van der Waals surface area (Å²) in [6.45, 7) is 0. The van der Waals surface area contributed by atoms with Gasteiger partial charge in [0.1, 0.15) is 5.69 Å². The third-order valence-electron chi connectivity index (χ3n) is 2.47. The maximum atomic E-state index is 11.7. The number of carbonyl (C=O) groups is 1. The molecule has 0 unspecified atom stereocenters. The fourth-order valence-electron chi connectivity index (χ4n) is 1.49. The molecule has 2 aromatic rings. The molecule has 0 bridgehead atoms. The quantitative estimate of drug-likeness (QED) is 0.697. The number of benzene rings is 1. The minimum Gasteiger partial charge on any atom is -1.00 e. The molecule has 0 atom stereocenters. The van der Waals surface area contributed by atoms with Crippen LogP contribution in [0.1, 0.15) is 10.6 Å². The molecule has 4 nitrogen and oxygen atoms in total. The molecule has 0 aliphatic carbocycles. The number of rotatable bonds is 3. The Labute approximate surface area is 112 Å². The lowest BCUT2D eigenvalue weighted by atomic mass is 10.2. The van der Waals surface area contributed by atoms with E-state index >= 15 is 0 Å². The Hall–Kier alpha value is -1.78. The molecule has 1 aromatic carbocycles. The topological polar surface area (TPSA) is 46.7 Å². The Morgan fingerprint density at radius 2 is 1.83 bits per heavy atom. The van der Waals surface area contributed by atoms with Gasteiger partial charge >= 0.3 is 0 Å². The summed E-state index contributed by atoms with van der Waals surface area (Å²) in [5, 5.41) is 2.77. The Balaban J connectivity index is 0.00000162. The van der Waals surface area contributed by atoms with Gasteiger partial charge in [-0.3, -0.25) is 4.79 Å². The van der Waals surface area contributed by atoms with Crippen LogP contribution in [-0.2, 0) is 0 Å². The molecule has 18 heavy (non-hydrogen) atoms. The summed E-state index contributed by atoms with van der Waals surface area (Å²) >= 11 is 0. The summed E-state index contributed by atoms with van der Waals surface area (Å²) in [5.41, 5.74) is 1.93. The summed E-state index contributed by atoms with van der Waals surface area (Å²) in [6.07, 6.45) is 1.48. The smallest absolute Gasteiger partial charge is 0.291 e. The molecule has 1 amide bonds. The number of hydrogen-bond acceptors (Lipinski definition) is 2. The summed E-state index contributed by atoms with van der Waals surface area (Å²) in [6, 6.07) is 11.0. The highest BCUT2D eigenvalue weighted by Gasteiger charge is 2.08. The fraction of sp³-hybridized carbons (Fsp3) is 0.154. The van der Waals surface area contributed by atoms with E-state index in [2.05, 4.69) is 19.4 Å². The lowest BCUT2D eigenvalue weighted by Gasteiger charge is -2.07. The van der Waals surface area contributed by atoms with Crippen LogP contribution in [0.2, 0.25) is 0 Å². The van der Waals surface area contributed by atoms with Crippen LogP contribution in [0.15, 0.2) is 47.1 Å². The van der Waals surface area contributed by atoms with Crippen LogP contribution in [-0.4, -0.2) is 20.0 Å². The monoisotopic (exact) mass is 266 g/mol. The van der Waals surface area contributed by atoms with Gasteiger partial charge < -0.3 is 27.0 Å². The average molecular weight is 267 g/mol. The van der Waals surface area contributed by atoms with Gasteiger partial charge in [-0.05, 0) is 24.3 Å². The van der Waals surface area contributed by atoms with Crippen LogP contribution in [0, 0.1) is 0 Å². The van der Waals surface area contributed by atoms with Crippen LogP contribution in [0.3, 0.4) is 0 Å². The maximum Gasteiger partial charge on any atom is 0.291 e. The fourth-order valence-corrected chi connectivity index (χ4v) is 1.49. The van der Waals surface area contributed by atoms with Gasteiger partial charge in [0, 0.05) is 17.8 Å². The zero-order valence-electron chi connectivity index (χ0n) is 10.2. The van der Waals surface area contributed by atoms with E-state index in [0.29, 0.717) is 5.76 Å². The number of anilines is 1. The minimum atomic E-state index is -0.236. The summed E-state index contributed by atoms with van der Waals surface area (Å²) in [7, 11) is 4.10. The molecular weight excluding hydrogens is 252 g/mol. The molecule has 0 saturated carbocycles. The Morgan fingerprint density at radius 3 is 2.33 bits per heavy atom. The minimum absolute atomic E-state index is 0. The number of nitrogens with one attached hydrogen (secondary N) is 2. The highest BCUT2D eigenvalue weighted by atomic mass is 35.5. The summed E-state index contributed by atoms with van der Waals surface area (Å²) < 4.78 is 5.01. The second kappa shape index (κ2) is 6.23.